The van der Waals surface area contributed by atoms with Crippen LogP contribution in [0.4, 0.5) is 0 Å². The Hall–Kier alpha value is -2.91. The van der Waals surface area contributed by atoms with E-state index in [0.29, 0.717) is 0 Å². The Balaban J connectivity index is 5.17. The molecule has 0 bridgehead atoms. The molecule has 0 spiro atoms. The monoisotopic (exact) mass is 465 g/mol. The van der Waals surface area contributed by atoms with Gasteiger partial charge in [-0.25, -0.2) is 4.79 Å². The summed E-state index contributed by atoms with van der Waals surface area (Å²) in [6.07, 6.45) is -2.75. The van der Waals surface area contributed by atoms with E-state index in [4.69, 9.17) is 21.7 Å². The lowest BCUT2D eigenvalue weighted by atomic mass is 10.1. The fourth-order valence-corrected chi connectivity index (χ4v) is 2.48. The van der Waals surface area contributed by atoms with Crippen LogP contribution in [0.2, 0.25) is 0 Å². The van der Waals surface area contributed by atoms with E-state index < -0.39 is 72.3 Å². The highest BCUT2D eigenvalue weighted by molar-refractivity contribution is 7.80. The van der Waals surface area contributed by atoms with Gasteiger partial charge in [0.1, 0.15) is 18.1 Å². The zero-order chi connectivity index (χ0) is 24.3. The number of hydrogen-bond donors (Lipinski definition) is 9. The van der Waals surface area contributed by atoms with Crippen LogP contribution in [0.1, 0.15) is 26.2 Å². The fourth-order valence-electron chi connectivity index (χ4n) is 2.22. The molecule has 0 saturated heterocycles. The average molecular weight is 465 g/mol. The second-order valence-corrected chi connectivity index (χ2v) is 6.94. The maximum atomic E-state index is 12.4. The van der Waals surface area contributed by atoms with Crippen molar-refractivity contribution in [3.8, 4) is 0 Å². The van der Waals surface area contributed by atoms with E-state index >= 15 is 0 Å². The van der Waals surface area contributed by atoms with Crippen molar-refractivity contribution >= 4 is 48.2 Å². The Bertz CT molecular complexity index is 703. The third kappa shape index (κ3) is 10.6. The Morgan fingerprint density at radius 2 is 1.48 bits per heavy atom. The van der Waals surface area contributed by atoms with Crippen molar-refractivity contribution in [3.05, 3.63) is 0 Å². The fraction of sp³-hybridized carbons (Fsp3) is 0.625. The number of carbonyl (C=O) groups excluding carboxylic acids is 4. The number of aliphatic carboxylic acids is 2. The number of aliphatic hydroxyl groups excluding tert-OH is 1. The molecule has 0 aliphatic carbocycles. The Kier molecular flexibility index (Phi) is 12.1. The van der Waals surface area contributed by atoms with Gasteiger partial charge in [-0.15, -0.1) is 0 Å². The summed E-state index contributed by atoms with van der Waals surface area (Å²) in [6.45, 7) is 1.16. The van der Waals surface area contributed by atoms with E-state index in [-0.39, 0.29) is 18.6 Å². The van der Waals surface area contributed by atoms with Crippen molar-refractivity contribution in [2.45, 2.75) is 56.5 Å². The minimum Gasteiger partial charge on any atom is -0.481 e. The van der Waals surface area contributed by atoms with Crippen LogP contribution >= 0.6 is 12.6 Å². The van der Waals surface area contributed by atoms with E-state index in [1.807, 2.05) is 0 Å². The maximum absolute atomic E-state index is 12.4. The molecule has 4 amide bonds. The predicted molar refractivity (Wildman–Crippen MR) is 108 cm³/mol. The zero-order valence-corrected chi connectivity index (χ0v) is 17.5. The first-order chi connectivity index (χ1) is 14.3. The first-order valence-corrected chi connectivity index (χ1v) is 9.61. The number of carbonyl (C=O) groups is 6. The molecule has 176 valence electrons. The Morgan fingerprint density at radius 1 is 0.935 bits per heavy atom. The van der Waals surface area contributed by atoms with E-state index in [9.17, 15) is 33.9 Å². The minimum atomic E-state index is -1.59. The molecule has 0 aromatic carbocycles. The van der Waals surface area contributed by atoms with Crippen LogP contribution in [-0.2, 0) is 28.8 Å². The second kappa shape index (κ2) is 13.4. The van der Waals surface area contributed by atoms with Crippen molar-refractivity contribution in [2.24, 2.45) is 11.5 Å². The number of nitrogens with one attached hydrogen (secondary N) is 3. The third-order valence-corrected chi connectivity index (χ3v) is 4.27. The van der Waals surface area contributed by atoms with Gasteiger partial charge in [0.2, 0.25) is 23.6 Å². The van der Waals surface area contributed by atoms with Crippen LogP contribution in [0.5, 0.6) is 0 Å². The van der Waals surface area contributed by atoms with Crippen LogP contribution < -0.4 is 27.4 Å². The number of primary amides is 1. The van der Waals surface area contributed by atoms with Crippen LogP contribution in [-0.4, -0.2) is 86.9 Å². The topological polar surface area (TPSA) is 251 Å². The molecule has 14 nitrogen and oxygen atoms in total. The molecular formula is C16H27N5O9S. The van der Waals surface area contributed by atoms with Crippen molar-refractivity contribution < 1.29 is 44.1 Å². The number of amides is 4. The van der Waals surface area contributed by atoms with Gasteiger partial charge in [-0.05, 0) is 13.3 Å². The van der Waals surface area contributed by atoms with Gasteiger partial charge < -0.3 is 42.7 Å². The summed E-state index contributed by atoms with van der Waals surface area (Å²) < 4.78 is 0. The summed E-state index contributed by atoms with van der Waals surface area (Å²) in [4.78, 5) is 69.4. The van der Waals surface area contributed by atoms with Gasteiger partial charge in [0.25, 0.3) is 0 Å². The number of carboxylic acids is 2. The van der Waals surface area contributed by atoms with E-state index in [2.05, 4.69) is 28.6 Å². The minimum absolute atomic E-state index is 0.279. The van der Waals surface area contributed by atoms with Gasteiger partial charge in [0.05, 0.1) is 18.6 Å². The van der Waals surface area contributed by atoms with Crippen LogP contribution in [0, 0.1) is 0 Å². The molecule has 0 aromatic heterocycles. The predicted octanol–water partition coefficient (Wildman–Crippen LogP) is -4.10. The molecule has 0 aliphatic rings. The van der Waals surface area contributed by atoms with Gasteiger partial charge in [0.15, 0.2) is 0 Å². The summed E-state index contributed by atoms with van der Waals surface area (Å²) in [7, 11) is 0. The van der Waals surface area contributed by atoms with Crippen molar-refractivity contribution in [3.63, 3.8) is 0 Å². The van der Waals surface area contributed by atoms with Gasteiger partial charge in [-0.3, -0.25) is 24.0 Å². The SMILES string of the molecule is CC(O)C(NC(=O)C(N)CC(=O)O)C(=O)NC(CS)C(=O)NC(CCC(N)=O)C(=O)O. The Labute approximate surface area is 182 Å². The van der Waals surface area contributed by atoms with Gasteiger partial charge in [-0.1, -0.05) is 0 Å². The third-order valence-electron chi connectivity index (χ3n) is 3.90. The van der Waals surface area contributed by atoms with Gasteiger partial charge in [-0.2, -0.15) is 12.6 Å². The van der Waals surface area contributed by atoms with Crippen molar-refractivity contribution in [1.82, 2.24) is 16.0 Å². The molecule has 5 atom stereocenters. The lowest BCUT2D eigenvalue weighted by Gasteiger charge is -2.25. The molecule has 0 fully saturated rings. The molecule has 0 aliphatic heterocycles. The van der Waals surface area contributed by atoms with Crippen LogP contribution in [0.15, 0.2) is 0 Å². The maximum Gasteiger partial charge on any atom is 0.326 e. The molecule has 15 heteroatoms. The van der Waals surface area contributed by atoms with Gasteiger partial charge >= 0.3 is 11.9 Å². The number of hydrogen-bond acceptors (Lipinski definition) is 9. The Morgan fingerprint density at radius 3 is 1.90 bits per heavy atom. The first-order valence-electron chi connectivity index (χ1n) is 8.98. The summed E-state index contributed by atoms with van der Waals surface area (Å²) >= 11 is 3.92. The highest BCUT2D eigenvalue weighted by atomic mass is 32.1. The number of carboxylic acid groups (broad SMARTS) is 2. The molecule has 5 unspecified atom stereocenters. The standard InChI is InChI=1S/C16H27N5O9S/c1-6(22)12(21-13(26)7(17)4-11(24)25)15(28)20-9(5-31)14(27)19-8(16(29)30)2-3-10(18)23/h6-9,12,22,31H,2-5,17H2,1H3,(H2,18,23)(H,19,27)(H,20,28)(H,21,26)(H,24,25)(H,29,30). The molecule has 0 radical (unpaired) electrons. The van der Waals surface area contributed by atoms with Crippen LogP contribution in [0.25, 0.3) is 0 Å². The highest BCUT2D eigenvalue weighted by Gasteiger charge is 2.32. The number of thiol groups is 1. The van der Waals surface area contributed by atoms with Crippen molar-refractivity contribution in [1.29, 1.82) is 0 Å². The van der Waals surface area contributed by atoms with E-state index in [1.165, 1.54) is 0 Å². The molecule has 0 heterocycles. The quantitative estimate of drug-likeness (QED) is 0.112. The number of rotatable bonds is 14. The van der Waals surface area contributed by atoms with Crippen LogP contribution in [0.3, 0.4) is 0 Å². The summed E-state index contributed by atoms with van der Waals surface area (Å²) in [5.41, 5.74) is 10.4. The lowest BCUT2D eigenvalue weighted by Crippen LogP contribution is -2.60. The highest BCUT2D eigenvalue weighted by Crippen LogP contribution is 2.02. The smallest absolute Gasteiger partial charge is 0.326 e. The molecule has 0 saturated carbocycles. The summed E-state index contributed by atoms with van der Waals surface area (Å²) in [5.74, 6) is -6.82. The molecule has 31 heavy (non-hydrogen) atoms. The second-order valence-electron chi connectivity index (χ2n) is 6.58. The van der Waals surface area contributed by atoms with Crippen molar-refractivity contribution in [2.75, 3.05) is 5.75 Å². The molecular weight excluding hydrogens is 438 g/mol. The number of nitrogens with two attached hydrogens (primary N) is 2. The molecule has 10 N–H and O–H groups in total. The van der Waals surface area contributed by atoms with Gasteiger partial charge in [0, 0.05) is 12.2 Å². The summed E-state index contributed by atoms with van der Waals surface area (Å²) in [6, 6.07) is -5.90. The van der Waals surface area contributed by atoms with E-state index in [1.54, 1.807) is 0 Å². The first kappa shape index (κ1) is 28.1. The normalized spacial score (nSPS) is 15.5. The molecule has 0 rings (SSSR count). The molecule has 0 aromatic rings. The lowest BCUT2D eigenvalue weighted by molar-refractivity contribution is -0.142. The van der Waals surface area contributed by atoms with E-state index in [0.717, 1.165) is 6.92 Å². The largest absolute Gasteiger partial charge is 0.481 e. The zero-order valence-electron chi connectivity index (χ0n) is 16.6. The average Bonchev–Trinajstić information content (AvgIpc) is 2.65. The summed E-state index contributed by atoms with van der Waals surface area (Å²) in [5, 5.41) is 34.0. The number of aliphatic hydroxyl groups is 1.